The number of hydrogen-bond donors (Lipinski definition) is 2. The number of rotatable bonds is 7. The zero-order valence-electron chi connectivity index (χ0n) is 11.7. The van der Waals surface area contributed by atoms with Crippen molar-refractivity contribution < 1.29 is 9.84 Å². The molecule has 2 rings (SSSR count). The summed E-state index contributed by atoms with van der Waals surface area (Å²) in [4.78, 5) is 0. The van der Waals surface area contributed by atoms with Gasteiger partial charge >= 0.3 is 0 Å². The van der Waals surface area contributed by atoms with Crippen LogP contribution in [0.1, 0.15) is 23.2 Å². The van der Waals surface area contributed by atoms with E-state index >= 15 is 0 Å². The van der Waals surface area contributed by atoms with Gasteiger partial charge in [0.05, 0.1) is 25.3 Å². The van der Waals surface area contributed by atoms with E-state index in [2.05, 4.69) is 17.4 Å². The van der Waals surface area contributed by atoms with Gasteiger partial charge in [0, 0.05) is 7.11 Å². The molecule has 3 heteroatoms. The summed E-state index contributed by atoms with van der Waals surface area (Å²) in [7, 11) is 1.69. The van der Waals surface area contributed by atoms with Crippen LogP contribution in [0.5, 0.6) is 0 Å². The van der Waals surface area contributed by atoms with Gasteiger partial charge in [-0.25, -0.2) is 0 Å². The molecular weight excluding hydrogens is 250 g/mol. The molecule has 0 bridgehead atoms. The average Bonchev–Trinajstić information content (AvgIpc) is 2.53. The molecule has 106 valence electrons. The standard InChI is InChI=1S/C17H21NO2/c1-20-13-17(15-10-6-3-7-11-15)18-16(12-19)14-8-4-2-5-9-14/h2-11,16-19H,12-13H2,1H3/t16-,17?/m1/s1. The fourth-order valence-electron chi connectivity index (χ4n) is 2.28. The molecule has 0 saturated carbocycles. The van der Waals surface area contributed by atoms with Crippen molar-refractivity contribution in [3.63, 3.8) is 0 Å². The Labute approximate surface area is 120 Å². The van der Waals surface area contributed by atoms with Gasteiger partial charge in [0.25, 0.3) is 0 Å². The second-order valence-corrected chi connectivity index (χ2v) is 4.73. The maximum absolute atomic E-state index is 9.64. The first-order valence-corrected chi connectivity index (χ1v) is 6.81. The largest absolute Gasteiger partial charge is 0.394 e. The SMILES string of the molecule is COCC(N[C@H](CO)c1ccccc1)c1ccccc1. The van der Waals surface area contributed by atoms with E-state index in [4.69, 9.17) is 4.74 Å². The number of ether oxygens (including phenoxy) is 1. The van der Waals surface area contributed by atoms with E-state index in [1.807, 2.05) is 48.5 Å². The molecule has 2 N–H and O–H groups in total. The molecule has 20 heavy (non-hydrogen) atoms. The lowest BCUT2D eigenvalue weighted by atomic mass is 10.0. The van der Waals surface area contributed by atoms with E-state index in [1.54, 1.807) is 7.11 Å². The molecule has 0 fully saturated rings. The van der Waals surface area contributed by atoms with Gasteiger partial charge < -0.3 is 9.84 Å². The number of nitrogens with one attached hydrogen (secondary N) is 1. The first-order valence-electron chi connectivity index (χ1n) is 6.81. The Kier molecular flexibility index (Phi) is 5.74. The molecule has 0 aromatic heterocycles. The minimum Gasteiger partial charge on any atom is -0.394 e. The van der Waals surface area contributed by atoms with E-state index in [-0.39, 0.29) is 18.7 Å². The smallest absolute Gasteiger partial charge is 0.0657 e. The van der Waals surface area contributed by atoms with Crippen molar-refractivity contribution in [1.82, 2.24) is 5.32 Å². The zero-order chi connectivity index (χ0) is 14.2. The molecule has 0 heterocycles. The quantitative estimate of drug-likeness (QED) is 0.813. The van der Waals surface area contributed by atoms with E-state index in [9.17, 15) is 5.11 Å². The third-order valence-electron chi connectivity index (χ3n) is 3.32. The van der Waals surface area contributed by atoms with E-state index in [0.29, 0.717) is 6.61 Å². The lowest BCUT2D eigenvalue weighted by molar-refractivity contribution is 0.149. The summed E-state index contributed by atoms with van der Waals surface area (Å²) in [6.07, 6.45) is 0. The highest BCUT2D eigenvalue weighted by Gasteiger charge is 2.17. The fraction of sp³-hybridized carbons (Fsp3) is 0.294. The Morgan fingerprint density at radius 2 is 1.40 bits per heavy atom. The minimum atomic E-state index is -0.100. The summed E-state index contributed by atoms with van der Waals surface area (Å²) in [6.45, 7) is 0.615. The third kappa shape index (κ3) is 3.90. The summed E-state index contributed by atoms with van der Waals surface area (Å²) < 4.78 is 5.30. The van der Waals surface area contributed by atoms with E-state index < -0.39 is 0 Å². The van der Waals surface area contributed by atoms with Crippen molar-refractivity contribution in [1.29, 1.82) is 0 Å². The molecule has 2 aromatic rings. The molecule has 0 amide bonds. The topological polar surface area (TPSA) is 41.5 Å². The zero-order valence-corrected chi connectivity index (χ0v) is 11.7. The molecule has 0 aliphatic heterocycles. The van der Waals surface area contributed by atoms with Crippen LogP contribution in [0.3, 0.4) is 0 Å². The summed E-state index contributed by atoms with van der Waals surface area (Å²) in [5.41, 5.74) is 2.23. The molecular formula is C17H21NO2. The number of aliphatic hydroxyl groups excluding tert-OH is 1. The molecule has 2 atom stereocenters. The molecule has 0 aliphatic carbocycles. The summed E-state index contributed by atoms with van der Waals surface area (Å²) >= 11 is 0. The van der Waals surface area contributed by atoms with Crippen LogP contribution in [0.15, 0.2) is 60.7 Å². The van der Waals surface area contributed by atoms with Crippen LogP contribution in [-0.4, -0.2) is 25.4 Å². The molecule has 0 saturated heterocycles. The molecule has 0 spiro atoms. The van der Waals surface area contributed by atoms with Gasteiger partial charge in [0.15, 0.2) is 0 Å². The van der Waals surface area contributed by atoms with Crippen molar-refractivity contribution in [3.05, 3.63) is 71.8 Å². The van der Waals surface area contributed by atoms with Crippen LogP contribution in [0.25, 0.3) is 0 Å². The van der Waals surface area contributed by atoms with Gasteiger partial charge in [-0.15, -0.1) is 0 Å². The van der Waals surface area contributed by atoms with Gasteiger partial charge in [-0.3, -0.25) is 5.32 Å². The van der Waals surface area contributed by atoms with Gasteiger partial charge in [-0.2, -0.15) is 0 Å². The van der Waals surface area contributed by atoms with E-state index in [0.717, 1.165) is 11.1 Å². The number of hydrogen-bond acceptors (Lipinski definition) is 3. The first-order chi connectivity index (χ1) is 9.85. The van der Waals surface area contributed by atoms with Gasteiger partial charge in [0.1, 0.15) is 0 Å². The molecule has 0 aliphatic rings. The Hall–Kier alpha value is -1.68. The van der Waals surface area contributed by atoms with Crippen molar-refractivity contribution in [2.75, 3.05) is 20.3 Å². The Balaban J connectivity index is 2.14. The highest BCUT2D eigenvalue weighted by atomic mass is 16.5. The number of methoxy groups -OCH3 is 1. The number of benzene rings is 2. The Bertz CT molecular complexity index is 487. The molecule has 0 radical (unpaired) electrons. The maximum atomic E-state index is 9.64. The van der Waals surface area contributed by atoms with Crippen LogP contribution < -0.4 is 5.32 Å². The van der Waals surface area contributed by atoms with Crippen LogP contribution in [0.2, 0.25) is 0 Å². The summed E-state index contributed by atoms with van der Waals surface area (Å²) in [6, 6.07) is 20.1. The van der Waals surface area contributed by atoms with Gasteiger partial charge in [-0.05, 0) is 11.1 Å². The average molecular weight is 271 g/mol. The predicted octanol–water partition coefficient (Wildman–Crippen LogP) is 2.70. The monoisotopic (exact) mass is 271 g/mol. The summed E-state index contributed by atoms with van der Waals surface area (Å²) in [5.74, 6) is 0. The second-order valence-electron chi connectivity index (χ2n) is 4.73. The van der Waals surface area contributed by atoms with Crippen molar-refractivity contribution in [3.8, 4) is 0 Å². The van der Waals surface area contributed by atoms with Crippen molar-refractivity contribution >= 4 is 0 Å². The normalized spacial score (nSPS) is 13.9. The molecule has 2 aromatic carbocycles. The van der Waals surface area contributed by atoms with Gasteiger partial charge in [0.2, 0.25) is 0 Å². The van der Waals surface area contributed by atoms with Crippen LogP contribution in [0.4, 0.5) is 0 Å². The lowest BCUT2D eigenvalue weighted by Gasteiger charge is -2.25. The Morgan fingerprint density at radius 3 is 1.85 bits per heavy atom. The molecule has 3 nitrogen and oxygen atoms in total. The van der Waals surface area contributed by atoms with Crippen LogP contribution in [0, 0.1) is 0 Å². The van der Waals surface area contributed by atoms with Crippen molar-refractivity contribution in [2.24, 2.45) is 0 Å². The van der Waals surface area contributed by atoms with Crippen LogP contribution >= 0.6 is 0 Å². The van der Waals surface area contributed by atoms with Gasteiger partial charge in [-0.1, -0.05) is 60.7 Å². The second kappa shape index (κ2) is 7.80. The molecule has 1 unspecified atom stereocenters. The Morgan fingerprint density at radius 1 is 0.900 bits per heavy atom. The number of aliphatic hydroxyl groups is 1. The van der Waals surface area contributed by atoms with Crippen molar-refractivity contribution in [2.45, 2.75) is 12.1 Å². The first kappa shape index (κ1) is 14.7. The summed E-state index contributed by atoms with van der Waals surface area (Å²) in [5, 5.41) is 13.1. The fourth-order valence-corrected chi connectivity index (χ4v) is 2.28. The highest BCUT2D eigenvalue weighted by Crippen LogP contribution is 2.19. The minimum absolute atomic E-state index is 0.0526. The maximum Gasteiger partial charge on any atom is 0.0657 e. The third-order valence-corrected chi connectivity index (χ3v) is 3.32. The highest BCUT2D eigenvalue weighted by molar-refractivity contribution is 5.22. The predicted molar refractivity (Wildman–Crippen MR) is 80.5 cm³/mol. The lowest BCUT2D eigenvalue weighted by Crippen LogP contribution is -2.31. The van der Waals surface area contributed by atoms with Crippen LogP contribution in [-0.2, 0) is 4.74 Å². The van der Waals surface area contributed by atoms with E-state index in [1.165, 1.54) is 0 Å².